The Morgan fingerprint density at radius 1 is 1.45 bits per heavy atom. The third kappa shape index (κ3) is 4.70. The first-order chi connectivity index (χ1) is 4.84. The van der Waals surface area contributed by atoms with E-state index >= 15 is 0 Å². The zero-order chi connectivity index (χ0) is 9.07. The summed E-state index contributed by atoms with van der Waals surface area (Å²) in [6.07, 6.45) is -2.58. The number of halogens is 2. The molecular formula is C7H12F2O2. The summed E-state index contributed by atoms with van der Waals surface area (Å²) in [4.78, 5) is 10.8. The molecule has 0 radical (unpaired) electrons. The van der Waals surface area contributed by atoms with Crippen molar-refractivity contribution in [1.82, 2.24) is 0 Å². The number of rotatable bonds is 2. The predicted molar refractivity (Wildman–Crippen MR) is 36.4 cm³/mol. The van der Waals surface area contributed by atoms with Gasteiger partial charge in [-0.05, 0) is 20.8 Å². The fourth-order valence-electron chi connectivity index (χ4n) is 0.355. The maximum Gasteiger partial charge on any atom is 0.311 e. The van der Waals surface area contributed by atoms with Crippen LogP contribution in [0.15, 0.2) is 0 Å². The SMILES string of the molecule is CC(C)(C)C(=O)OCC(F)F. The first-order valence-electron chi connectivity index (χ1n) is 3.29. The molecule has 66 valence electrons. The van der Waals surface area contributed by atoms with Crippen LogP contribution in [-0.4, -0.2) is 19.0 Å². The molecule has 0 amide bonds. The van der Waals surface area contributed by atoms with Gasteiger partial charge in [0.25, 0.3) is 6.43 Å². The lowest BCUT2D eigenvalue weighted by Crippen LogP contribution is -2.24. The van der Waals surface area contributed by atoms with Crippen LogP contribution in [-0.2, 0) is 9.53 Å². The molecule has 0 saturated heterocycles. The maximum atomic E-state index is 11.5. The molecule has 0 saturated carbocycles. The minimum absolute atomic E-state index is 0.599. The Hall–Kier alpha value is -0.670. The summed E-state index contributed by atoms with van der Waals surface area (Å²) < 4.78 is 27.3. The lowest BCUT2D eigenvalue weighted by molar-refractivity contribution is -0.156. The van der Waals surface area contributed by atoms with Crippen LogP contribution in [0.5, 0.6) is 0 Å². The van der Waals surface area contributed by atoms with E-state index in [1.807, 2.05) is 0 Å². The van der Waals surface area contributed by atoms with Crippen LogP contribution in [0.2, 0.25) is 0 Å². The molecule has 0 rings (SSSR count). The van der Waals surface area contributed by atoms with Crippen molar-refractivity contribution in [3.05, 3.63) is 0 Å². The lowest BCUT2D eigenvalue weighted by Gasteiger charge is -2.15. The van der Waals surface area contributed by atoms with Crippen molar-refractivity contribution in [2.45, 2.75) is 27.2 Å². The summed E-state index contributed by atoms with van der Waals surface area (Å²) in [5.74, 6) is -0.599. The highest BCUT2D eigenvalue weighted by molar-refractivity contribution is 5.75. The van der Waals surface area contributed by atoms with E-state index in [0.29, 0.717) is 0 Å². The van der Waals surface area contributed by atoms with Gasteiger partial charge < -0.3 is 4.74 Å². The highest BCUT2D eigenvalue weighted by atomic mass is 19.3. The minimum atomic E-state index is -2.58. The molecule has 0 aromatic rings. The van der Waals surface area contributed by atoms with Gasteiger partial charge in [0, 0.05) is 0 Å². The highest BCUT2D eigenvalue weighted by Gasteiger charge is 2.23. The quantitative estimate of drug-likeness (QED) is 0.585. The second-order valence-corrected chi connectivity index (χ2v) is 3.24. The molecule has 0 aromatic carbocycles. The lowest BCUT2D eigenvalue weighted by atomic mass is 9.97. The van der Waals surface area contributed by atoms with Gasteiger partial charge in [0.2, 0.25) is 0 Å². The van der Waals surface area contributed by atoms with Crippen LogP contribution in [0.3, 0.4) is 0 Å². The van der Waals surface area contributed by atoms with Crippen molar-refractivity contribution in [3.63, 3.8) is 0 Å². The molecule has 0 aliphatic carbocycles. The molecule has 2 nitrogen and oxygen atoms in total. The third-order valence-corrected chi connectivity index (χ3v) is 0.953. The second-order valence-electron chi connectivity index (χ2n) is 3.24. The van der Waals surface area contributed by atoms with E-state index in [1.165, 1.54) is 0 Å². The van der Waals surface area contributed by atoms with E-state index in [2.05, 4.69) is 4.74 Å². The Bertz CT molecular complexity index is 138. The molecule has 0 aliphatic heterocycles. The van der Waals surface area contributed by atoms with Crippen molar-refractivity contribution in [2.24, 2.45) is 5.41 Å². The number of ether oxygens (including phenoxy) is 1. The molecule has 0 fully saturated rings. The molecule has 0 unspecified atom stereocenters. The van der Waals surface area contributed by atoms with Gasteiger partial charge in [-0.1, -0.05) is 0 Å². The van der Waals surface area contributed by atoms with Crippen molar-refractivity contribution < 1.29 is 18.3 Å². The molecule has 0 bridgehead atoms. The van der Waals surface area contributed by atoms with Crippen LogP contribution in [0, 0.1) is 5.41 Å². The highest BCUT2D eigenvalue weighted by Crippen LogP contribution is 2.15. The summed E-state index contributed by atoms with van der Waals surface area (Å²) >= 11 is 0. The number of hydrogen-bond acceptors (Lipinski definition) is 2. The first kappa shape index (κ1) is 10.3. The average Bonchev–Trinajstić information content (AvgIpc) is 1.80. The third-order valence-electron chi connectivity index (χ3n) is 0.953. The van der Waals surface area contributed by atoms with Gasteiger partial charge in [-0.3, -0.25) is 4.79 Å². The van der Waals surface area contributed by atoms with E-state index in [-0.39, 0.29) is 0 Å². The largest absolute Gasteiger partial charge is 0.459 e. The Morgan fingerprint density at radius 3 is 2.18 bits per heavy atom. The fourth-order valence-corrected chi connectivity index (χ4v) is 0.355. The van der Waals surface area contributed by atoms with Crippen LogP contribution in [0.4, 0.5) is 8.78 Å². The van der Waals surface area contributed by atoms with Gasteiger partial charge in [-0.2, -0.15) is 0 Å². The zero-order valence-corrected chi connectivity index (χ0v) is 6.86. The number of carbonyl (C=O) groups excluding carboxylic acids is 1. The molecule has 11 heavy (non-hydrogen) atoms. The van der Waals surface area contributed by atoms with Crippen molar-refractivity contribution in [3.8, 4) is 0 Å². The Morgan fingerprint density at radius 2 is 1.91 bits per heavy atom. The topological polar surface area (TPSA) is 26.3 Å². The Labute approximate surface area is 64.5 Å². The summed E-state index contributed by atoms with van der Waals surface area (Å²) in [6, 6.07) is 0. The number of carbonyl (C=O) groups is 1. The standard InChI is InChI=1S/C7H12F2O2/c1-7(2,3)6(10)11-4-5(8)9/h5H,4H2,1-3H3. The Balaban J connectivity index is 3.71. The minimum Gasteiger partial charge on any atom is -0.459 e. The monoisotopic (exact) mass is 166 g/mol. The molecular weight excluding hydrogens is 154 g/mol. The van der Waals surface area contributed by atoms with Gasteiger partial charge in [0.15, 0.2) is 6.61 Å². The van der Waals surface area contributed by atoms with Crippen LogP contribution in [0.25, 0.3) is 0 Å². The fraction of sp³-hybridized carbons (Fsp3) is 0.857. The van der Waals surface area contributed by atoms with Gasteiger partial charge in [-0.15, -0.1) is 0 Å². The Kier molecular flexibility index (Phi) is 3.42. The second kappa shape index (κ2) is 3.64. The first-order valence-corrected chi connectivity index (χ1v) is 3.29. The van der Waals surface area contributed by atoms with E-state index in [9.17, 15) is 13.6 Å². The molecule has 0 spiro atoms. The van der Waals surface area contributed by atoms with Gasteiger partial charge in [0.05, 0.1) is 5.41 Å². The smallest absolute Gasteiger partial charge is 0.311 e. The van der Waals surface area contributed by atoms with Crippen LogP contribution in [0.1, 0.15) is 20.8 Å². The van der Waals surface area contributed by atoms with E-state index in [1.54, 1.807) is 20.8 Å². The number of hydrogen-bond donors (Lipinski definition) is 0. The summed E-state index contributed by atoms with van der Waals surface area (Å²) in [5.41, 5.74) is -0.700. The van der Waals surface area contributed by atoms with Gasteiger partial charge >= 0.3 is 5.97 Å². The zero-order valence-electron chi connectivity index (χ0n) is 6.86. The molecule has 0 N–H and O–H groups in total. The molecule has 0 heterocycles. The summed E-state index contributed by atoms with van der Waals surface area (Å²) in [5, 5.41) is 0. The molecule has 0 aromatic heterocycles. The van der Waals surface area contributed by atoms with Crippen molar-refractivity contribution >= 4 is 5.97 Å². The number of esters is 1. The van der Waals surface area contributed by atoms with Gasteiger partial charge in [-0.25, -0.2) is 8.78 Å². The van der Waals surface area contributed by atoms with Crippen molar-refractivity contribution in [1.29, 1.82) is 0 Å². The molecule has 0 atom stereocenters. The maximum absolute atomic E-state index is 11.5. The van der Waals surface area contributed by atoms with E-state index < -0.39 is 24.4 Å². The number of alkyl halides is 2. The van der Waals surface area contributed by atoms with Crippen LogP contribution >= 0.6 is 0 Å². The van der Waals surface area contributed by atoms with Crippen molar-refractivity contribution in [2.75, 3.05) is 6.61 Å². The normalized spacial score (nSPS) is 11.8. The van der Waals surface area contributed by atoms with Gasteiger partial charge in [0.1, 0.15) is 0 Å². The van der Waals surface area contributed by atoms with E-state index in [4.69, 9.17) is 0 Å². The average molecular weight is 166 g/mol. The molecule has 4 heteroatoms. The molecule has 0 aliphatic rings. The predicted octanol–water partition coefficient (Wildman–Crippen LogP) is 1.84. The summed E-state index contributed by atoms with van der Waals surface area (Å²) in [7, 11) is 0. The van der Waals surface area contributed by atoms with Crippen LogP contribution < -0.4 is 0 Å². The van der Waals surface area contributed by atoms with E-state index in [0.717, 1.165) is 0 Å². The summed E-state index contributed by atoms with van der Waals surface area (Å²) in [6.45, 7) is 4.03.